The Morgan fingerprint density at radius 1 is 0.905 bits per heavy atom. The normalized spacial score (nSPS) is 13.0. The highest BCUT2D eigenvalue weighted by Crippen LogP contribution is 2.31. The second-order valence-corrected chi connectivity index (χ2v) is 9.92. The predicted molar refractivity (Wildman–Crippen MR) is 156 cm³/mol. The molecule has 1 unspecified atom stereocenters. The molecule has 1 aliphatic heterocycles. The molecule has 0 spiro atoms. The van der Waals surface area contributed by atoms with Crippen LogP contribution in [0.5, 0.6) is 5.75 Å². The lowest BCUT2D eigenvalue weighted by atomic mass is 10.0. The van der Waals surface area contributed by atoms with Gasteiger partial charge in [0.2, 0.25) is 5.91 Å². The van der Waals surface area contributed by atoms with Gasteiger partial charge in [0.1, 0.15) is 24.2 Å². The van der Waals surface area contributed by atoms with Crippen molar-refractivity contribution < 1.29 is 28.3 Å². The second-order valence-electron chi connectivity index (χ2n) is 9.92. The number of halogens is 1. The first-order valence-electron chi connectivity index (χ1n) is 13.3. The van der Waals surface area contributed by atoms with Crippen molar-refractivity contribution in [2.24, 2.45) is 0 Å². The van der Waals surface area contributed by atoms with Crippen LogP contribution >= 0.6 is 0 Å². The van der Waals surface area contributed by atoms with Crippen LogP contribution in [0.25, 0.3) is 0 Å². The van der Waals surface area contributed by atoms with Crippen LogP contribution in [0.15, 0.2) is 97.1 Å². The Balaban J connectivity index is 1.54. The molecular weight excluding hydrogens is 537 g/mol. The van der Waals surface area contributed by atoms with Gasteiger partial charge in [0.25, 0.3) is 17.6 Å². The minimum absolute atomic E-state index is 0.0642. The molecule has 0 saturated heterocycles. The lowest BCUT2D eigenvalue weighted by Gasteiger charge is -2.33. The van der Waals surface area contributed by atoms with Crippen molar-refractivity contribution in [1.82, 2.24) is 4.90 Å². The average Bonchev–Trinajstić information content (AvgIpc) is 3.24. The molecule has 1 atom stereocenters. The topological polar surface area (TPSA) is 96.0 Å². The van der Waals surface area contributed by atoms with E-state index >= 15 is 0 Å². The minimum atomic E-state index is -1.13. The van der Waals surface area contributed by atoms with Crippen LogP contribution in [0, 0.1) is 12.7 Å². The summed E-state index contributed by atoms with van der Waals surface area (Å²) in [6.45, 7) is 1.37. The number of hydrogen-bond acceptors (Lipinski definition) is 5. The van der Waals surface area contributed by atoms with E-state index in [9.17, 15) is 23.6 Å². The third kappa shape index (κ3) is 5.90. The number of nitrogens with one attached hydrogen (secondary N) is 1. The monoisotopic (exact) mass is 565 g/mol. The molecule has 5 rings (SSSR count). The number of anilines is 2. The Labute approximate surface area is 242 Å². The number of carbonyl (C=O) groups excluding carboxylic acids is 4. The molecule has 0 saturated carbocycles. The SMILES string of the molecule is COc1ccc(NC(=O)C(c2ccc(C)cc2)N(Cc2ccc(F)cc2)C(=O)CN2C(=O)C(=O)c3ccccc32)cc1. The molecule has 9 heteroatoms. The highest BCUT2D eigenvalue weighted by atomic mass is 19.1. The molecule has 4 aromatic carbocycles. The van der Waals surface area contributed by atoms with E-state index in [1.54, 1.807) is 54.6 Å². The van der Waals surface area contributed by atoms with Gasteiger partial charge in [0, 0.05) is 12.2 Å². The van der Waals surface area contributed by atoms with Crippen molar-refractivity contribution in [3.8, 4) is 5.75 Å². The van der Waals surface area contributed by atoms with E-state index in [0.717, 1.165) is 10.5 Å². The van der Waals surface area contributed by atoms with E-state index in [-0.39, 0.29) is 12.1 Å². The van der Waals surface area contributed by atoms with Crippen LogP contribution in [0.4, 0.5) is 15.8 Å². The fourth-order valence-corrected chi connectivity index (χ4v) is 4.85. The van der Waals surface area contributed by atoms with Crippen molar-refractivity contribution in [1.29, 1.82) is 0 Å². The zero-order valence-corrected chi connectivity index (χ0v) is 23.0. The Bertz CT molecular complexity index is 1640. The summed E-state index contributed by atoms with van der Waals surface area (Å²) in [6.07, 6.45) is 0. The quantitative estimate of drug-likeness (QED) is 0.286. The van der Waals surface area contributed by atoms with Crippen molar-refractivity contribution in [2.45, 2.75) is 19.5 Å². The molecule has 8 nitrogen and oxygen atoms in total. The van der Waals surface area contributed by atoms with Crippen molar-refractivity contribution in [3.63, 3.8) is 0 Å². The van der Waals surface area contributed by atoms with Crippen LogP contribution in [0.3, 0.4) is 0 Å². The molecule has 1 aliphatic rings. The Morgan fingerprint density at radius 2 is 1.57 bits per heavy atom. The van der Waals surface area contributed by atoms with Gasteiger partial charge in [-0.25, -0.2) is 4.39 Å². The second kappa shape index (κ2) is 12.1. The zero-order valence-electron chi connectivity index (χ0n) is 23.0. The molecule has 42 heavy (non-hydrogen) atoms. The Hall–Kier alpha value is -5.31. The number of ether oxygens (including phenoxy) is 1. The van der Waals surface area contributed by atoms with E-state index in [4.69, 9.17) is 4.74 Å². The third-order valence-electron chi connectivity index (χ3n) is 7.07. The van der Waals surface area contributed by atoms with Gasteiger partial charge >= 0.3 is 0 Å². The van der Waals surface area contributed by atoms with Gasteiger partial charge in [-0.15, -0.1) is 0 Å². The lowest BCUT2D eigenvalue weighted by Crippen LogP contribution is -2.46. The summed E-state index contributed by atoms with van der Waals surface area (Å²) in [6, 6.07) is 24.9. The highest BCUT2D eigenvalue weighted by molar-refractivity contribution is 6.52. The molecule has 0 aliphatic carbocycles. The number of fused-ring (bicyclic) bond motifs is 1. The third-order valence-corrected chi connectivity index (χ3v) is 7.07. The number of methoxy groups -OCH3 is 1. The number of carbonyl (C=O) groups is 4. The number of amides is 3. The molecule has 212 valence electrons. The molecule has 3 amide bonds. The number of para-hydroxylation sites is 1. The van der Waals surface area contributed by atoms with Gasteiger partial charge in [0.05, 0.1) is 18.4 Å². The van der Waals surface area contributed by atoms with Crippen LogP contribution < -0.4 is 15.0 Å². The van der Waals surface area contributed by atoms with E-state index in [1.165, 1.54) is 42.3 Å². The summed E-state index contributed by atoms with van der Waals surface area (Å²) in [4.78, 5) is 56.0. The summed E-state index contributed by atoms with van der Waals surface area (Å²) in [5.41, 5.74) is 3.10. The van der Waals surface area contributed by atoms with Gasteiger partial charge < -0.3 is 15.0 Å². The number of nitrogens with zero attached hydrogens (tertiary/aromatic N) is 2. The summed E-state index contributed by atoms with van der Waals surface area (Å²) in [5.74, 6) is -2.42. The van der Waals surface area contributed by atoms with E-state index in [1.807, 2.05) is 19.1 Å². The number of hydrogen-bond donors (Lipinski definition) is 1. The van der Waals surface area contributed by atoms with Gasteiger partial charge in [-0.05, 0) is 66.6 Å². The first-order valence-corrected chi connectivity index (χ1v) is 13.3. The molecule has 4 aromatic rings. The van der Waals surface area contributed by atoms with E-state index in [0.29, 0.717) is 28.3 Å². The van der Waals surface area contributed by atoms with Crippen molar-refractivity contribution >= 4 is 34.9 Å². The standard InChI is InChI=1S/C33H28FN3O5/c1-21-7-11-23(12-8-21)30(32(40)35-25-15-17-26(42-2)18-16-25)37(19-22-9-13-24(34)14-10-22)29(38)20-36-28-6-4-3-5-27(28)31(39)33(36)41/h3-18,30H,19-20H2,1-2H3,(H,35,40). The summed E-state index contributed by atoms with van der Waals surface area (Å²) in [7, 11) is 1.54. The molecule has 0 radical (unpaired) electrons. The number of Topliss-reactive ketones (excluding diaryl/α,β-unsaturated/α-hetero) is 1. The molecule has 0 fully saturated rings. The fourth-order valence-electron chi connectivity index (χ4n) is 4.85. The summed E-state index contributed by atoms with van der Waals surface area (Å²) >= 11 is 0. The lowest BCUT2D eigenvalue weighted by molar-refractivity contribution is -0.139. The van der Waals surface area contributed by atoms with E-state index < -0.39 is 41.9 Å². The van der Waals surface area contributed by atoms with Crippen molar-refractivity contribution in [3.05, 3.63) is 125 Å². The molecule has 1 heterocycles. The van der Waals surface area contributed by atoms with E-state index in [2.05, 4.69) is 5.32 Å². The average molecular weight is 566 g/mol. The minimum Gasteiger partial charge on any atom is -0.497 e. The zero-order chi connectivity index (χ0) is 29.8. The predicted octanol–water partition coefficient (Wildman–Crippen LogP) is 5.08. The maximum Gasteiger partial charge on any atom is 0.299 e. The number of aryl methyl sites for hydroxylation is 1. The summed E-state index contributed by atoms with van der Waals surface area (Å²) in [5, 5.41) is 2.88. The smallest absolute Gasteiger partial charge is 0.299 e. The van der Waals surface area contributed by atoms with Crippen LogP contribution in [-0.2, 0) is 20.9 Å². The van der Waals surface area contributed by atoms with Crippen LogP contribution in [-0.4, -0.2) is 42.1 Å². The first kappa shape index (κ1) is 28.2. The molecule has 0 bridgehead atoms. The van der Waals surface area contributed by atoms with Gasteiger partial charge in [-0.2, -0.15) is 0 Å². The maximum absolute atomic E-state index is 14.1. The van der Waals surface area contributed by atoms with Gasteiger partial charge in [0.15, 0.2) is 0 Å². The number of ketones is 1. The van der Waals surface area contributed by atoms with Crippen LogP contribution in [0.1, 0.15) is 33.1 Å². The maximum atomic E-state index is 14.1. The number of rotatable bonds is 9. The molecule has 0 aromatic heterocycles. The fraction of sp³-hybridized carbons (Fsp3) is 0.152. The highest BCUT2D eigenvalue weighted by Gasteiger charge is 2.39. The molecular formula is C33H28FN3O5. The van der Waals surface area contributed by atoms with Crippen molar-refractivity contribution in [2.75, 3.05) is 23.9 Å². The van der Waals surface area contributed by atoms with Gasteiger partial charge in [-0.3, -0.25) is 24.1 Å². The van der Waals surface area contributed by atoms with Crippen LogP contribution in [0.2, 0.25) is 0 Å². The Morgan fingerprint density at radius 3 is 2.24 bits per heavy atom. The number of benzene rings is 4. The first-order chi connectivity index (χ1) is 20.2. The summed E-state index contributed by atoms with van der Waals surface area (Å²) < 4.78 is 18.9. The van der Waals surface area contributed by atoms with Gasteiger partial charge in [-0.1, -0.05) is 54.1 Å². The largest absolute Gasteiger partial charge is 0.497 e. The molecule has 1 N–H and O–H groups in total. The Kier molecular flexibility index (Phi) is 8.10.